The van der Waals surface area contributed by atoms with Crippen LogP contribution >= 0.6 is 0 Å². The minimum Gasteiger partial charge on any atom is -0.203 e. The lowest BCUT2D eigenvalue weighted by Crippen LogP contribution is -2.04. The minimum atomic E-state index is -2.15. The van der Waals surface area contributed by atoms with Crippen LogP contribution in [0.3, 0.4) is 0 Å². The van der Waals surface area contributed by atoms with E-state index in [0.717, 1.165) is 0 Å². The molecule has 0 aromatic heterocycles. The van der Waals surface area contributed by atoms with Crippen LogP contribution in [0.5, 0.6) is 0 Å². The van der Waals surface area contributed by atoms with Crippen molar-refractivity contribution >= 4 is 0 Å². The summed E-state index contributed by atoms with van der Waals surface area (Å²) in [4.78, 5) is 0. The van der Waals surface area contributed by atoms with E-state index in [0.29, 0.717) is 11.1 Å². The van der Waals surface area contributed by atoms with Gasteiger partial charge in [0.2, 0.25) is 5.82 Å². The fourth-order valence-corrected chi connectivity index (χ4v) is 1.98. The average Bonchev–Trinajstić information content (AvgIpc) is 2.33. The SMILES string of the molecule is Cc1cc(C)cc(-c2c(F)c(F)c(F)c(F)c2F)c1. The first-order valence-electron chi connectivity index (χ1n) is 5.43. The molecule has 0 amide bonds. The van der Waals surface area contributed by atoms with Gasteiger partial charge in [-0.05, 0) is 19.4 Å². The molecule has 2 aromatic rings. The summed E-state index contributed by atoms with van der Waals surface area (Å²) in [5.74, 6) is -9.66. The molecule has 0 saturated heterocycles. The Morgan fingerprint density at radius 2 is 0.947 bits per heavy atom. The highest BCUT2D eigenvalue weighted by Gasteiger charge is 2.26. The highest BCUT2D eigenvalue weighted by Crippen LogP contribution is 2.32. The number of halogens is 5. The number of aryl methyl sites for hydroxylation is 2. The zero-order chi connectivity index (χ0) is 14.3. The van der Waals surface area contributed by atoms with Gasteiger partial charge in [-0.3, -0.25) is 0 Å². The zero-order valence-electron chi connectivity index (χ0n) is 10.1. The average molecular weight is 272 g/mol. The summed E-state index contributed by atoms with van der Waals surface area (Å²) in [6, 6.07) is 4.46. The first-order valence-corrected chi connectivity index (χ1v) is 5.43. The molecular formula is C14H9F5. The number of rotatable bonds is 1. The first kappa shape index (κ1) is 13.5. The topological polar surface area (TPSA) is 0 Å². The monoisotopic (exact) mass is 272 g/mol. The van der Waals surface area contributed by atoms with E-state index in [1.165, 1.54) is 12.1 Å². The lowest BCUT2D eigenvalue weighted by atomic mass is 9.99. The Labute approximate surface area is 106 Å². The van der Waals surface area contributed by atoms with Gasteiger partial charge in [0.15, 0.2) is 23.3 Å². The van der Waals surface area contributed by atoms with E-state index in [1.54, 1.807) is 19.9 Å². The summed E-state index contributed by atoms with van der Waals surface area (Å²) in [6.07, 6.45) is 0. The third-order valence-corrected chi connectivity index (χ3v) is 2.72. The van der Waals surface area contributed by atoms with Crippen molar-refractivity contribution in [1.29, 1.82) is 0 Å². The van der Waals surface area contributed by atoms with Crippen molar-refractivity contribution in [2.75, 3.05) is 0 Å². The van der Waals surface area contributed by atoms with E-state index in [9.17, 15) is 22.0 Å². The number of hydrogen-bond acceptors (Lipinski definition) is 0. The summed E-state index contributed by atoms with van der Waals surface area (Å²) >= 11 is 0. The first-order chi connectivity index (χ1) is 8.82. The summed E-state index contributed by atoms with van der Waals surface area (Å²) in [7, 11) is 0. The molecule has 0 fully saturated rings. The summed E-state index contributed by atoms with van der Waals surface area (Å²) in [6.45, 7) is 3.34. The Morgan fingerprint density at radius 1 is 0.579 bits per heavy atom. The van der Waals surface area contributed by atoms with E-state index in [-0.39, 0.29) is 5.56 Å². The van der Waals surface area contributed by atoms with Crippen molar-refractivity contribution in [1.82, 2.24) is 0 Å². The van der Waals surface area contributed by atoms with E-state index >= 15 is 0 Å². The van der Waals surface area contributed by atoms with Crippen molar-refractivity contribution in [2.45, 2.75) is 13.8 Å². The third kappa shape index (κ3) is 2.20. The Balaban J connectivity index is 2.82. The van der Waals surface area contributed by atoms with Crippen LogP contribution in [0.2, 0.25) is 0 Å². The van der Waals surface area contributed by atoms with Crippen molar-refractivity contribution in [3.63, 3.8) is 0 Å². The van der Waals surface area contributed by atoms with E-state index in [1.807, 2.05) is 0 Å². The Kier molecular flexibility index (Phi) is 3.30. The maximum absolute atomic E-state index is 13.6. The molecule has 100 valence electrons. The molecule has 0 N–H and O–H groups in total. The molecule has 0 aliphatic rings. The van der Waals surface area contributed by atoms with Crippen LogP contribution in [-0.2, 0) is 0 Å². The summed E-state index contributed by atoms with van der Waals surface area (Å²) in [5.41, 5.74) is 0.395. The fourth-order valence-electron chi connectivity index (χ4n) is 1.98. The third-order valence-electron chi connectivity index (χ3n) is 2.72. The van der Waals surface area contributed by atoms with Crippen LogP contribution < -0.4 is 0 Å². The number of hydrogen-bond donors (Lipinski definition) is 0. The maximum Gasteiger partial charge on any atom is 0.200 e. The van der Waals surface area contributed by atoms with Crippen LogP contribution in [-0.4, -0.2) is 0 Å². The molecular weight excluding hydrogens is 263 g/mol. The summed E-state index contributed by atoms with van der Waals surface area (Å²) < 4.78 is 66.5. The second-order valence-electron chi connectivity index (χ2n) is 4.32. The quantitative estimate of drug-likeness (QED) is 0.402. The molecule has 0 saturated carbocycles. The highest BCUT2D eigenvalue weighted by atomic mass is 19.2. The minimum absolute atomic E-state index is 0.0368. The van der Waals surface area contributed by atoms with E-state index in [2.05, 4.69) is 0 Å². The molecule has 0 nitrogen and oxygen atoms in total. The molecule has 0 aliphatic carbocycles. The molecule has 0 bridgehead atoms. The molecule has 0 unspecified atom stereocenters. The molecule has 2 rings (SSSR count). The normalized spacial score (nSPS) is 10.9. The van der Waals surface area contributed by atoms with Crippen LogP contribution in [0.15, 0.2) is 18.2 Å². The lowest BCUT2D eigenvalue weighted by molar-refractivity contribution is 0.381. The van der Waals surface area contributed by atoms with Crippen molar-refractivity contribution < 1.29 is 22.0 Å². The molecule has 0 heterocycles. The fraction of sp³-hybridized carbons (Fsp3) is 0.143. The van der Waals surface area contributed by atoms with Crippen LogP contribution in [0, 0.1) is 42.9 Å². The van der Waals surface area contributed by atoms with Gasteiger partial charge in [-0.25, -0.2) is 22.0 Å². The Bertz CT molecular complexity index is 612. The van der Waals surface area contributed by atoms with E-state index < -0.39 is 34.6 Å². The van der Waals surface area contributed by atoms with Gasteiger partial charge in [0.05, 0.1) is 5.56 Å². The number of benzene rings is 2. The largest absolute Gasteiger partial charge is 0.203 e. The van der Waals surface area contributed by atoms with Crippen molar-refractivity contribution in [3.05, 3.63) is 58.4 Å². The standard InChI is InChI=1S/C14H9F5/c1-6-3-7(2)5-8(4-6)9-10(15)12(17)14(19)13(18)11(9)16/h3-5H,1-2H3. The van der Waals surface area contributed by atoms with Gasteiger partial charge in [-0.1, -0.05) is 29.3 Å². The van der Waals surface area contributed by atoms with Gasteiger partial charge in [-0.2, -0.15) is 0 Å². The van der Waals surface area contributed by atoms with Crippen LogP contribution in [0.4, 0.5) is 22.0 Å². The van der Waals surface area contributed by atoms with Gasteiger partial charge in [0.25, 0.3) is 0 Å². The second-order valence-corrected chi connectivity index (χ2v) is 4.32. The second kappa shape index (κ2) is 4.64. The van der Waals surface area contributed by atoms with Gasteiger partial charge in [0.1, 0.15) is 0 Å². The van der Waals surface area contributed by atoms with E-state index in [4.69, 9.17) is 0 Å². The van der Waals surface area contributed by atoms with Gasteiger partial charge < -0.3 is 0 Å². The molecule has 2 aromatic carbocycles. The Morgan fingerprint density at radius 3 is 1.37 bits per heavy atom. The maximum atomic E-state index is 13.6. The van der Waals surface area contributed by atoms with Gasteiger partial charge >= 0.3 is 0 Å². The zero-order valence-corrected chi connectivity index (χ0v) is 10.1. The van der Waals surface area contributed by atoms with Gasteiger partial charge in [0, 0.05) is 0 Å². The molecule has 19 heavy (non-hydrogen) atoms. The lowest BCUT2D eigenvalue weighted by Gasteiger charge is -2.10. The van der Waals surface area contributed by atoms with Crippen molar-refractivity contribution in [2.24, 2.45) is 0 Å². The van der Waals surface area contributed by atoms with Crippen molar-refractivity contribution in [3.8, 4) is 11.1 Å². The Hall–Kier alpha value is -1.91. The van der Waals surface area contributed by atoms with Crippen LogP contribution in [0.25, 0.3) is 11.1 Å². The van der Waals surface area contributed by atoms with Crippen LogP contribution in [0.1, 0.15) is 11.1 Å². The molecule has 0 atom stereocenters. The summed E-state index contributed by atoms with van der Waals surface area (Å²) in [5, 5.41) is 0. The molecule has 5 heteroatoms. The molecule has 0 radical (unpaired) electrons. The highest BCUT2D eigenvalue weighted by molar-refractivity contribution is 5.67. The molecule has 0 aliphatic heterocycles. The molecule has 0 spiro atoms. The van der Waals surface area contributed by atoms with Gasteiger partial charge in [-0.15, -0.1) is 0 Å². The predicted octanol–water partition coefficient (Wildman–Crippen LogP) is 4.67. The predicted molar refractivity (Wildman–Crippen MR) is 61.1 cm³/mol. The smallest absolute Gasteiger partial charge is 0.200 e.